The second-order valence-electron chi connectivity index (χ2n) is 4.02. The molecule has 1 heterocycles. The summed E-state index contributed by atoms with van der Waals surface area (Å²) in [6, 6.07) is 5.03. The molecule has 1 aliphatic rings. The van der Waals surface area contributed by atoms with E-state index in [0.29, 0.717) is 16.4 Å². The van der Waals surface area contributed by atoms with Crippen molar-refractivity contribution in [2.45, 2.75) is 20.3 Å². The molecule has 0 fully saturated rings. The number of hydrazone groups is 1. The smallest absolute Gasteiger partial charge is 0.256 e. The summed E-state index contributed by atoms with van der Waals surface area (Å²) in [5.74, 6) is -0.217. The van der Waals surface area contributed by atoms with Gasteiger partial charge in [0.05, 0.1) is 23.0 Å². The number of nitrogen functional groups attached to an aromatic ring is 1. The number of nitrogens with zero attached hydrogens (tertiary/aromatic N) is 2. The van der Waals surface area contributed by atoms with Crippen molar-refractivity contribution >= 4 is 34.6 Å². The topological polar surface area (TPSA) is 58.7 Å². The van der Waals surface area contributed by atoms with Gasteiger partial charge in [0.25, 0.3) is 5.91 Å². The molecule has 1 aliphatic heterocycles. The number of hydrogen-bond acceptors (Lipinski definition) is 3. The predicted molar refractivity (Wildman–Crippen MR) is 70.2 cm³/mol. The van der Waals surface area contributed by atoms with E-state index >= 15 is 0 Å². The summed E-state index contributed by atoms with van der Waals surface area (Å²) in [5, 5.41) is 6.22. The van der Waals surface area contributed by atoms with Gasteiger partial charge in [0, 0.05) is 5.02 Å². The van der Waals surface area contributed by atoms with E-state index in [1.165, 1.54) is 5.01 Å². The van der Waals surface area contributed by atoms with Crippen molar-refractivity contribution in [2.24, 2.45) is 11.0 Å². The van der Waals surface area contributed by atoms with Crippen molar-refractivity contribution in [3.05, 3.63) is 23.2 Å². The van der Waals surface area contributed by atoms with Gasteiger partial charge in [-0.25, -0.2) is 0 Å². The SMILES string of the molecule is CCC1=NN(c2ccc(Cl)cc2N)C(=O)C1C. The molecule has 1 unspecified atom stereocenters. The van der Waals surface area contributed by atoms with Gasteiger partial charge in [-0.15, -0.1) is 0 Å². The molecule has 1 aromatic rings. The van der Waals surface area contributed by atoms with E-state index in [1.54, 1.807) is 18.2 Å². The monoisotopic (exact) mass is 251 g/mol. The Labute approximate surface area is 105 Å². The molecule has 17 heavy (non-hydrogen) atoms. The van der Waals surface area contributed by atoms with Gasteiger partial charge in [-0.05, 0) is 31.5 Å². The van der Waals surface area contributed by atoms with E-state index in [9.17, 15) is 4.79 Å². The van der Waals surface area contributed by atoms with Crippen molar-refractivity contribution in [1.82, 2.24) is 0 Å². The van der Waals surface area contributed by atoms with Gasteiger partial charge in [0.15, 0.2) is 0 Å². The van der Waals surface area contributed by atoms with E-state index in [-0.39, 0.29) is 11.8 Å². The first-order chi connectivity index (χ1) is 8.04. The normalized spacial score (nSPS) is 19.7. The van der Waals surface area contributed by atoms with Crippen LogP contribution >= 0.6 is 11.6 Å². The van der Waals surface area contributed by atoms with Gasteiger partial charge in [-0.3, -0.25) is 4.79 Å². The van der Waals surface area contributed by atoms with Gasteiger partial charge in [-0.2, -0.15) is 10.1 Å². The Balaban J connectivity index is 2.41. The molecule has 2 rings (SSSR count). The molecule has 90 valence electrons. The number of anilines is 2. The number of amides is 1. The zero-order chi connectivity index (χ0) is 12.6. The van der Waals surface area contributed by atoms with Crippen LogP contribution in [0.4, 0.5) is 11.4 Å². The standard InChI is InChI=1S/C12H14ClN3O/c1-3-10-7(2)12(17)16(15-10)11-5-4-8(13)6-9(11)14/h4-7H,3,14H2,1-2H3. The fourth-order valence-corrected chi connectivity index (χ4v) is 2.04. The minimum atomic E-state index is -0.171. The molecule has 4 nitrogen and oxygen atoms in total. The highest BCUT2D eigenvalue weighted by atomic mass is 35.5. The molecular weight excluding hydrogens is 238 g/mol. The number of hydrogen-bond donors (Lipinski definition) is 1. The number of benzene rings is 1. The highest BCUT2D eigenvalue weighted by Gasteiger charge is 2.32. The van der Waals surface area contributed by atoms with E-state index in [1.807, 2.05) is 13.8 Å². The molecule has 1 aromatic carbocycles. The molecule has 0 saturated carbocycles. The van der Waals surface area contributed by atoms with Gasteiger partial charge in [-0.1, -0.05) is 18.5 Å². The van der Waals surface area contributed by atoms with Crippen LogP contribution in [-0.4, -0.2) is 11.6 Å². The average molecular weight is 252 g/mol. The third kappa shape index (κ3) is 2.00. The summed E-state index contributed by atoms with van der Waals surface area (Å²) in [5.41, 5.74) is 7.78. The largest absolute Gasteiger partial charge is 0.397 e. The van der Waals surface area contributed by atoms with E-state index in [4.69, 9.17) is 17.3 Å². The Bertz CT molecular complexity index is 499. The van der Waals surface area contributed by atoms with Gasteiger partial charge >= 0.3 is 0 Å². The van der Waals surface area contributed by atoms with Crippen molar-refractivity contribution in [1.29, 1.82) is 0 Å². The fourth-order valence-electron chi connectivity index (χ4n) is 1.86. The van der Waals surface area contributed by atoms with Crippen LogP contribution in [0, 0.1) is 5.92 Å². The number of halogens is 1. The van der Waals surface area contributed by atoms with Crippen LogP contribution in [0.25, 0.3) is 0 Å². The third-order valence-electron chi connectivity index (χ3n) is 2.89. The Hall–Kier alpha value is -1.55. The third-order valence-corrected chi connectivity index (χ3v) is 3.12. The lowest BCUT2D eigenvalue weighted by atomic mass is 10.0. The highest BCUT2D eigenvalue weighted by molar-refractivity contribution is 6.31. The zero-order valence-electron chi connectivity index (χ0n) is 9.77. The number of carbonyl (C=O) groups is 1. The van der Waals surface area contributed by atoms with Gasteiger partial charge < -0.3 is 5.73 Å². The average Bonchev–Trinajstić information content (AvgIpc) is 2.57. The molecule has 1 amide bonds. The van der Waals surface area contributed by atoms with Crippen molar-refractivity contribution in [3.63, 3.8) is 0 Å². The fraction of sp³-hybridized carbons (Fsp3) is 0.333. The minimum Gasteiger partial charge on any atom is -0.397 e. The Morgan fingerprint density at radius 3 is 2.76 bits per heavy atom. The predicted octanol–water partition coefficient (Wildman–Crippen LogP) is 2.67. The zero-order valence-corrected chi connectivity index (χ0v) is 10.5. The van der Waals surface area contributed by atoms with Crippen LogP contribution in [0.2, 0.25) is 5.02 Å². The van der Waals surface area contributed by atoms with Crippen LogP contribution < -0.4 is 10.7 Å². The van der Waals surface area contributed by atoms with Gasteiger partial charge in [0.2, 0.25) is 0 Å². The number of carbonyl (C=O) groups excluding carboxylic acids is 1. The summed E-state index contributed by atoms with van der Waals surface area (Å²) in [4.78, 5) is 12.0. The Morgan fingerprint density at radius 1 is 1.53 bits per heavy atom. The van der Waals surface area contributed by atoms with Crippen LogP contribution in [0.5, 0.6) is 0 Å². The molecule has 2 N–H and O–H groups in total. The van der Waals surface area contributed by atoms with Crippen LogP contribution in [0.3, 0.4) is 0 Å². The molecule has 0 aromatic heterocycles. The van der Waals surface area contributed by atoms with Crippen molar-refractivity contribution < 1.29 is 4.79 Å². The van der Waals surface area contributed by atoms with Crippen molar-refractivity contribution in [3.8, 4) is 0 Å². The molecule has 0 bridgehead atoms. The highest BCUT2D eigenvalue weighted by Crippen LogP contribution is 2.31. The lowest BCUT2D eigenvalue weighted by molar-refractivity contribution is -0.119. The van der Waals surface area contributed by atoms with Crippen molar-refractivity contribution in [2.75, 3.05) is 10.7 Å². The van der Waals surface area contributed by atoms with Crippen LogP contribution in [-0.2, 0) is 4.79 Å². The van der Waals surface area contributed by atoms with E-state index < -0.39 is 0 Å². The Morgan fingerprint density at radius 2 is 2.24 bits per heavy atom. The summed E-state index contributed by atoms with van der Waals surface area (Å²) < 4.78 is 0. The molecule has 0 spiro atoms. The first kappa shape index (κ1) is 11.9. The molecule has 1 atom stereocenters. The molecule has 0 saturated heterocycles. The van der Waals surface area contributed by atoms with E-state index in [2.05, 4.69) is 5.10 Å². The quantitative estimate of drug-likeness (QED) is 0.822. The summed E-state index contributed by atoms with van der Waals surface area (Å²) in [6.45, 7) is 3.84. The van der Waals surface area contributed by atoms with Gasteiger partial charge in [0.1, 0.15) is 0 Å². The lowest BCUT2D eigenvalue weighted by Crippen LogP contribution is -2.26. The lowest BCUT2D eigenvalue weighted by Gasteiger charge is -2.15. The molecule has 5 heteroatoms. The minimum absolute atomic E-state index is 0.0455. The van der Waals surface area contributed by atoms with E-state index in [0.717, 1.165) is 12.1 Å². The maximum atomic E-state index is 12.0. The van der Waals surface area contributed by atoms with Crippen LogP contribution in [0.1, 0.15) is 20.3 Å². The number of rotatable bonds is 2. The maximum absolute atomic E-state index is 12.0. The summed E-state index contributed by atoms with van der Waals surface area (Å²) in [7, 11) is 0. The summed E-state index contributed by atoms with van der Waals surface area (Å²) in [6.07, 6.45) is 0.761. The maximum Gasteiger partial charge on any atom is 0.256 e. The van der Waals surface area contributed by atoms with Crippen LogP contribution in [0.15, 0.2) is 23.3 Å². The number of nitrogens with two attached hydrogens (primary N) is 1. The Kier molecular flexibility index (Phi) is 3.07. The molecule has 0 aliphatic carbocycles. The first-order valence-electron chi connectivity index (χ1n) is 5.51. The second kappa shape index (κ2) is 4.37. The molecular formula is C12H14ClN3O. The first-order valence-corrected chi connectivity index (χ1v) is 5.88. The molecule has 0 radical (unpaired) electrons. The second-order valence-corrected chi connectivity index (χ2v) is 4.46. The summed E-state index contributed by atoms with van der Waals surface area (Å²) >= 11 is 5.83.